The molecule has 0 radical (unpaired) electrons. The highest BCUT2D eigenvalue weighted by Gasteiger charge is 2.35. The first-order chi connectivity index (χ1) is 16.4. The molecule has 0 spiro atoms. The molecule has 10 heteroatoms. The Balaban J connectivity index is 1.74. The van der Waals surface area contributed by atoms with Crippen LogP contribution in [0.1, 0.15) is 45.6 Å². The highest BCUT2D eigenvalue weighted by molar-refractivity contribution is 5.68. The van der Waals surface area contributed by atoms with E-state index >= 15 is 0 Å². The number of rotatable bonds is 9. The van der Waals surface area contributed by atoms with Crippen molar-refractivity contribution in [2.75, 3.05) is 25.1 Å². The summed E-state index contributed by atoms with van der Waals surface area (Å²) in [5.41, 5.74) is -0.597. The lowest BCUT2D eigenvalue weighted by Crippen LogP contribution is -2.44. The molecule has 1 aromatic heterocycles. The van der Waals surface area contributed by atoms with E-state index in [0.29, 0.717) is 30.0 Å². The van der Waals surface area contributed by atoms with Gasteiger partial charge in [-0.25, -0.2) is 9.78 Å². The number of halogens is 3. The molecule has 1 aromatic carbocycles. The van der Waals surface area contributed by atoms with Gasteiger partial charge in [0.2, 0.25) is 0 Å². The second-order valence-corrected chi connectivity index (χ2v) is 9.63. The third-order valence-electron chi connectivity index (χ3n) is 5.72. The number of carboxylic acid groups (broad SMARTS) is 1. The lowest BCUT2D eigenvalue weighted by Gasteiger charge is -2.28. The number of aromatic nitrogens is 1. The van der Waals surface area contributed by atoms with Crippen molar-refractivity contribution in [3.63, 3.8) is 0 Å². The molecule has 2 unspecified atom stereocenters. The molecule has 1 aliphatic rings. The Morgan fingerprint density at radius 2 is 2.00 bits per heavy atom. The Morgan fingerprint density at radius 3 is 2.66 bits per heavy atom. The fourth-order valence-electron chi connectivity index (χ4n) is 4.31. The van der Waals surface area contributed by atoms with Crippen molar-refractivity contribution in [1.29, 1.82) is 0 Å². The summed E-state index contributed by atoms with van der Waals surface area (Å²) in [6, 6.07) is 7.51. The summed E-state index contributed by atoms with van der Waals surface area (Å²) in [4.78, 5) is 15.2. The van der Waals surface area contributed by atoms with E-state index in [9.17, 15) is 18.0 Å². The number of anilines is 1. The van der Waals surface area contributed by atoms with Crippen LogP contribution in [0.2, 0.25) is 0 Å². The van der Waals surface area contributed by atoms with Gasteiger partial charge in [-0.05, 0) is 74.4 Å². The summed E-state index contributed by atoms with van der Waals surface area (Å²) in [7, 11) is 0. The maximum absolute atomic E-state index is 13.9. The first kappa shape index (κ1) is 26.6. The molecule has 3 N–H and O–H groups in total. The Bertz CT molecular complexity index is 1010. The molecule has 0 bridgehead atoms. The third-order valence-corrected chi connectivity index (χ3v) is 5.72. The smallest absolute Gasteiger partial charge is 0.419 e. The van der Waals surface area contributed by atoms with Gasteiger partial charge in [0.05, 0.1) is 24.8 Å². The van der Waals surface area contributed by atoms with Crippen molar-refractivity contribution < 1.29 is 32.5 Å². The van der Waals surface area contributed by atoms with Crippen molar-refractivity contribution in [2.24, 2.45) is 5.92 Å². The lowest BCUT2D eigenvalue weighted by atomic mass is 9.92. The Labute approximate surface area is 203 Å². The maximum atomic E-state index is 13.9. The van der Waals surface area contributed by atoms with Crippen LogP contribution < -0.4 is 15.4 Å². The largest absolute Gasteiger partial charge is 0.493 e. The Morgan fingerprint density at radius 1 is 1.26 bits per heavy atom. The van der Waals surface area contributed by atoms with Crippen LogP contribution in [-0.4, -0.2) is 47.6 Å². The van der Waals surface area contributed by atoms with Gasteiger partial charge in [-0.1, -0.05) is 13.0 Å². The second-order valence-electron chi connectivity index (χ2n) is 9.63. The predicted molar refractivity (Wildman–Crippen MR) is 127 cm³/mol. The summed E-state index contributed by atoms with van der Waals surface area (Å²) < 4.78 is 52.7. The second kappa shape index (κ2) is 11.2. The van der Waals surface area contributed by atoms with Gasteiger partial charge >= 0.3 is 12.3 Å². The normalized spacial score (nSPS) is 17.5. The molecule has 3 rings (SSSR count). The van der Waals surface area contributed by atoms with E-state index in [1.165, 1.54) is 6.07 Å². The Hall–Kier alpha value is -3.01. The molecular formula is C25H32F3N3O4. The molecule has 2 atom stereocenters. The fourth-order valence-corrected chi connectivity index (χ4v) is 4.31. The summed E-state index contributed by atoms with van der Waals surface area (Å²) >= 11 is 0. The van der Waals surface area contributed by atoms with E-state index in [0.717, 1.165) is 25.5 Å². The molecular weight excluding hydrogens is 463 g/mol. The number of hydrogen-bond acceptors (Lipinski definition) is 5. The number of alkyl halides is 3. The average Bonchev–Trinajstić information content (AvgIpc) is 2.76. The van der Waals surface area contributed by atoms with Gasteiger partial charge in [0.15, 0.2) is 0 Å². The first-order valence-electron chi connectivity index (χ1n) is 11.6. The van der Waals surface area contributed by atoms with Crippen LogP contribution in [0.5, 0.6) is 5.75 Å². The van der Waals surface area contributed by atoms with Crippen LogP contribution in [0.25, 0.3) is 11.1 Å². The van der Waals surface area contributed by atoms with Crippen LogP contribution in [-0.2, 0) is 10.9 Å². The first-order valence-corrected chi connectivity index (χ1v) is 11.6. The van der Waals surface area contributed by atoms with Crippen LogP contribution in [0.15, 0.2) is 36.5 Å². The summed E-state index contributed by atoms with van der Waals surface area (Å²) in [5, 5.41) is 14.6. The van der Waals surface area contributed by atoms with Gasteiger partial charge in [-0.3, -0.25) is 0 Å². The van der Waals surface area contributed by atoms with Crippen molar-refractivity contribution in [2.45, 2.75) is 57.8 Å². The number of hydrogen-bond donors (Lipinski definition) is 3. The van der Waals surface area contributed by atoms with E-state index in [4.69, 9.17) is 14.6 Å². The molecule has 192 valence electrons. The molecule has 0 saturated carbocycles. The van der Waals surface area contributed by atoms with Gasteiger partial charge in [0.25, 0.3) is 0 Å². The molecule has 7 nitrogen and oxygen atoms in total. The number of carbonyl (C=O) groups is 1. The van der Waals surface area contributed by atoms with E-state index in [2.05, 4.69) is 15.6 Å². The predicted octanol–water partition coefficient (Wildman–Crippen LogP) is 5.81. The molecule has 35 heavy (non-hydrogen) atoms. The number of amides is 1. The summed E-state index contributed by atoms with van der Waals surface area (Å²) in [6.07, 6.45) is -1.91. The van der Waals surface area contributed by atoms with Gasteiger partial charge in [-0.15, -0.1) is 0 Å². The monoisotopic (exact) mass is 495 g/mol. The number of nitrogens with one attached hydrogen (secondary N) is 2. The lowest BCUT2D eigenvalue weighted by molar-refractivity contribution is -0.139. The zero-order chi connectivity index (χ0) is 25.6. The van der Waals surface area contributed by atoms with Crippen molar-refractivity contribution in [1.82, 2.24) is 10.3 Å². The van der Waals surface area contributed by atoms with Crippen LogP contribution in [0.4, 0.5) is 23.8 Å². The highest BCUT2D eigenvalue weighted by Crippen LogP contribution is 2.39. The number of nitrogens with zero attached hydrogens (tertiary/aromatic N) is 1. The Kier molecular flexibility index (Phi) is 8.47. The summed E-state index contributed by atoms with van der Waals surface area (Å²) in [6.45, 7) is 6.54. The topological polar surface area (TPSA) is 92.7 Å². The van der Waals surface area contributed by atoms with Crippen molar-refractivity contribution in [3.05, 3.63) is 42.1 Å². The molecule has 0 aliphatic carbocycles. The standard InChI is InChI=1S/C25H32F3N3O4/c1-16(13-24(2,3)31-23(32)33)14-35-21-7-6-17(11-20(21)25(26,27)28)18-8-9-29-22(12-18)30-19-5-4-10-34-15-19/h6-9,11-12,16,19,31H,4-5,10,13-15H2,1-3H3,(H,29,30)(H,32,33). The number of ether oxygens (including phenoxy) is 2. The third kappa shape index (κ3) is 8.02. The molecule has 1 saturated heterocycles. The van der Waals surface area contributed by atoms with Crippen LogP contribution in [0.3, 0.4) is 0 Å². The quantitative estimate of drug-likeness (QED) is 0.407. The van der Waals surface area contributed by atoms with E-state index < -0.39 is 23.4 Å². The molecule has 1 amide bonds. The minimum Gasteiger partial charge on any atom is -0.493 e. The highest BCUT2D eigenvalue weighted by atomic mass is 19.4. The molecule has 1 aliphatic heterocycles. The van der Waals surface area contributed by atoms with Crippen LogP contribution >= 0.6 is 0 Å². The zero-order valence-corrected chi connectivity index (χ0v) is 20.1. The van der Waals surface area contributed by atoms with E-state index in [1.807, 2.05) is 0 Å². The van der Waals surface area contributed by atoms with Gasteiger partial charge in [0.1, 0.15) is 11.6 Å². The molecule has 2 aromatic rings. The maximum Gasteiger partial charge on any atom is 0.419 e. The van der Waals surface area contributed by atoms with Crippen LogP contribution in [0, 0.1) is 5.92 Å². The average molecular weight is 496 g/mol. The van der Waals surface area contributed by atoms with Crippen molar-refractivity contribution >= 4 is 11.9 Å². The van der Waals surface area contributed by atoms with Crippen molar-refractivity contribution in [3.8, 4) is 16.9 Å². The summed E-state index contributed by atoms with van der Waals surface area (Å²) in [5.74, 6) is 0.136. The van der Waals surface area contributed by atoms with Gasteiger partial charge in [-0.2, -0.15) is 13.2 Å². The van der Waals surface area contributed by atoms with E-state index in [-0.39, 0.29) is 24.3 Å². The SMILES string of the molecule is CC(COc1ccc(-c2ccnc(NC3CCCOC3)c2)cc1C(F)(F)F)CC(C)(C)NC(=O)O. The van der Waals surface area contributed by atoms with Gasteiger partial charge in [0, 0.05) is 18.3 Å². The zero-order valence-electron chi connectivity index (χ0n) is 20.1. The number of pyridine rings is 1. The number of benzene rings is 1. The molecule has 2 heterocycles. The fraction of sp³-hybridized carbons (Fsp3) is 0.520. The minimum atomic E-state index is -4.60. The van der Waals surface area contributed by atoms with E-state index in [1.54, 1.807) is 45.2 Å². The van der Waals surface area contributed by atoms with Gasteiger partial charge < -0.3 is 25.2 Å². The molecule has 1 fully saturated rings. The minimum absolute atomic E-state index is 0.0138.